The Bertz CT molecular complexity index is 1290. The number of aliphatic carboxylic acids is 2. The first-order valence-electron chi connectivity index (χ1n) is 15.1. The van der Waals surface area contributed by atoms with E-state index in [-0.39, 0.29) is 5.91 Å². The van der Waals surface area contributed by atoms with E-state index in [0.29, 0.717) is 23.1 Å². The Kier molecular flexibility index (Phi) is 16.5. The lowest BCUT2D eigenvalue weighted by atomic mass is 9.96. The number of nitrogens with zero attached hydrogens (tertiary/aromatic N) is 4. The van der Waals surface area contributed by atoms with Crippen molar-refractivity contribution in [2.45, 2.75) is 56.6 Å². The van der Waals surface area contributed by atoms with Crippen molar-refractivity contribution in [2.75, 3.05) is 58.6 Å². The number of thioether (sulfide) groups is 1. The fraction of sp³-hybridized carbons (Fsp3) is 0.600. The first-order valence-corrected chi connectivity index (χ1v) is 16.4. The normalized spacial score (nSPS) is 16.4. The Balaban J connectivity index is 0.000000479. The Morgan fingerprint density at radius 2 is 1.46 bits per heavy atom. The number of carboxylic acids is 2. The van der Waals surface area contributed by atoms with Crippen LogP contribution in [0, 0.1) is 5.92 Å². The minimum absolute atomic E-state index is 0.208. The molecule has 2 N–H and O–H groups in total. The predicted molar refractivity (Wildman–Crippen MR) is 167 cm³/mol. The number of alkyl halides is 6. The molecule has 0 unspecified atom stereocenters. The van der Waals surface area contributed by atoms with Gasteiger partial charge < -0.3 is 24.4 Å². The lowest BCUT2D eigenvalue weighted by Crippen LogP contribution is -2.50. The Morgan fingerprint density at radius 3 is 1.94 bits per heavy atom. The van der Waals surface area contributed by atoms with Crippen molar-refractivity contribution in [2.24, 2.45) is 5.92 Å². The molecule has 0 aliphatic carbocycles. The Morgan fingerprint density at radius 1 is 0.938 bits per heavy atom. The highest BCUT2D eigenvalue weighted by Gasteiger charge is 2.39. The van der Waals surface area contributed by atoms with Gasteiger partial charge in [0, 0.05) is 61.9 Å². The van der Waals surface area contributed by atoms with E-state index in [4.69, 9.17) is 40.8 Å². The van der Waals surface area contributed by atoms with E-state index >= 15 is 0 Å². The molecule has 2 aromatic rings. The molecule has 1 aromatic carbocycles. The minimum atomic E-state index is -5.08. The number of hydrogen-bond donors (Lipinski definition) is 2. The van der Waals surface area contributed by atoms with E-state index in [2.05, 4.69) is 23.8 Å². The van der Waals surface area contributed by atoms with Gasteiger partial charge in [0.1, 0.15) is 11.5 Å². The summed E-state index contributed by atoms with van der Waals surface area (Å²) >= 11 is 7.69. The average molecular weight is 733 g/mol. The first-order chi connectivity index (χ1) is 22.4. The van der Waals surface area contributed by atoms with Crippen molar-refractivity contribution in [3.8, 4) is 11.3 Å². The van der Waals surface area contributed by atoms with Gasteiger partial charge in [0.05, 0.1) is 0 Å². The van der Waals surface area contributed by atoms with Gasteiger partial charge in [0.15, 0.2) is 0 Å². The van der Waals surface area contributed by atoms with Crippen LogP contribution in [0.1, 0.15) is 38.4 Å². The number of likely N-dealkylation sites (tertiary alicyclic amines) is 1. The smallest absolute Gasteiger partial charge is 0.475 e. The molecule has 0 radical (unpaired) electrons. The van der Waals surface area contributed by atoms with E-state index in [9.17, 15) is 31.1 Å². The van der Waals surface area contributed by atoms with E-state index in [1.807, 2.05) is 29.2 Å². The summed E-state index contributed by atoms with van der Waals surface area (Å²) in [4.78, 5) is 42.5. The van der Waals surface area contributed by atoms with Crippen LogP contribution in [-0.4, -0.2) is 119 Å². The number of piperazine rings is 1. The van der Waals surface area contributed by atoms with Gasteiger partial charge in [-0.1, -0.05) is 42.4 Å². The lowest BCUT2D eigenvalue weighted by Gasteiger charge is -2.38. The molecule has 2 saturated heterocycles. The molecule has 1 amide bonds. The molecule has 0 bridgehead atoms. The minimum Gasteiger partial charge on any atom is -0.475 e. The van der Waals surface area contributed by atoms with Gasteiger partial charge in [-0.2, -0.15) is 26.3 Å². The molecular formula is C30H39ClF6N4O6S. The van der Waals surface area contributed by atoms with Crippen molar-refractivity contribution in [1.82, 2.24) is 19.7 Å². The molecule has 0 saturated carbocycles. The lowest BCUT2D eigenvalue weighted by molar-refractivity contribution is -0.193. The molecule has 3 heterocycles. The van der Waals surface area contributed by atoms with Crippen LogP contribution in [-0.2, 0) is 20.8 Å². The number of piperidine rings is 1. The van der Waals surface area contributed by atoms with Gasteiger partial charge in [0.25, 0.3) is 5.22 Å². The third-order valence-corrected chi connectivity index (χ3v) is 8.64. The highest BCUT2D eigenvalue weighted by Crippen LogP contribution is 2.31. The van der Waals surface area contributed by atoms with Crippen LogP contribution in [0.2, 0.25) is 5.02 Å². The number of carboxylic acid groups (broad SMARTS) is 2. The van der Waals surface area contributed by atoms with E-state index in [1.165, 1.54) is 32.5 Å². The molecule has 18 heteroatoms. The molecule has 10 nitrogen and oxygen atoms in total. The van der Waals surface area contributed by atoms with Gasteiger partial charge in [-0.05, 0) is 57.5 Å². The highest BCUT2D eigenvalue weighted by molar-refractivity contribution is 7.99. The second kappa shape index (κ2) is 19.2. The molecule has 1 aromatic heterocycles. The summed E-state index contributed by atoms with van der Waals surface area (Å²) in [6, 6.07) is 7.65. The van der Waals surface area contributed by atoms with E-state index in [0.717, 1.165) is 61.3 Å². The van der Waals surface area contributed by atoms with Crippen LogP contribution in [0.4, 0.5) is 26.3 Å². The number of aryl methyl sites for hydroxylation is 1. The summed E-state index contributed by atoms with van der Waals surface area (Å²) in [5, 5.41) is 15.6. The molecular weight excluding hydrogens is 694 g/mol. The fourth-order valence-electron chi connectivity index (χ4n) is 4.75. The summed E-state index contributed by atoms with van der Waals surface area (Å²) in [5.41, 5.74) is 1.80. The SMILES string of the molecule is CCCSc1nc(-c2ccc(Cl)cc2)c(CCC(=O)N2CCN(CC3CCN(C)CC3)CC2)o1.O=C(O)C(F)(F)F.O=C(O)C(F)(F)F. The van der Waals surface area contributed by atoms with E-state index < -0.39 is 24.3 Å². The van der Waals surface area contributed by atoms with Gasteiger partial charge in [-0.3, -0.25) is 9.69 Å². The van der Waals surface area contributed by atoms with Gasteiger partial charge in [-0.15, -0.1) is 0 Å². The molecule has 48 heavy (non-hydrogen) atoms. The zero-order valence-corrected chi connectivity index (χ0v) is 28.0. The molecule has 2 aliphatic heterocycles. The van der Waals surface area contributed by atoms with Gasteiger partial charge in [0.2, 0.25) is 5.91 Å². The molecule has 2 fully saturated rings. The first kappa shape index (κ1) is 41.2. The molecule has 4 rings (SSSR count). The van der Waals surface area contributed by atoms with Crippen LogP contribution in [0.25, 0.3) is 11.3 Å². The number of carbonyl (C=O) groups is 3. The molecule has 0 spiro atoms. The zero-order chi connectivity index (χ0) is 36.1. The summed E-state index contributed by atoms with van der Waals surface area (Å²) in [6.45, 7) is 9.35. The number of oxazole rings is 1. The summed E-state index contributed by atoms with van der Waals surface area (Å²) in [5.74, 6) is -2.76. The molecule has 0 atom stereocenters. The number of carbonyl (C=O) groups excluding carboxylic acids is 1. The molecule has 2 aliphatic rings. The topological polar surface area (TPSA) is 127 Å². The maximum absolute atomic E-state index is 13.0. The number of aromatic nitrogens is 1. The molecule has 270 valence electrons. The summed E-state index contributed by atoms with van der Waals surface area (Å²) < 4.78 is 69.6. The van der Waals surface area contributed by atoms with Crippen LogP contribution in [0.5, 0.6) is 0 Å². The largest absolute Gasteiger partial charge is 0.490 e. The second-order valence-corrected chi connectivity index (χ2v) is 12.6. The number of halogens is 7. The monoisotopic (exact) mass is 732 g/mol. The van der Waals surface area contributed by atoms with Crippen LogP contribution in [0.3, 0.4) is 0 Å². The maximum atomic E-state index is 13.0. The predicted octanol–water partition coefficient (Wildman–Crippen LogP) is 6.18. The third kappa shape index (κ3) is 14.6. The third-order valence-electron chi connectivity index (χ3n) is 7.36. The van der Waals surface area contributed by atoms with Crippen molar-refractivity contribution >= 4 is 41.2 Å². The number of rotatable bonds is 9. The van der Waals surface area contributed by atoms with Crippen LogP contribution < -0.4 is 0 Å². The highest BCUT2D eigenvalue weighted by atomic mass is 35.5. The maximum Gasteiger partial charge on any atom is 0.490 e. The second-order valence-electron chi connectivity index (χ2n) is 11.1. The van der Waals surface area contributed by atoms with Crippen molar-refractivity contribution in [3.63, 3.8) is 0 Å². The van der Waals surface area contributed by atoms with Crippen LogP contribution >= 0.6 is 23.4 Å². The van der Waals surface area contributed by atoms with Gasteiger partial charge >= 0.3 is 24.3 Å². The zero-order valence-electron chi connectivity index (χ0n) is 26.4. The van der Waals surface area contributed by atoms with E-state index in [1.54, 1.807) is 11.8 Å². The Labute approximate surface area is 283 Å². The van der Waals surface area contributed by atoms with Crippen molar-refractivity contribution in [1.29, 1.82) is 0 Å². The quantitative estimate of drug-likeness (QED) is 0.228. The fourth-order valence-corrected chi connectivity index (χ4v) is 5.57. The van der Waals surface area contributed by atoms with Crippen LogP contribution in [0.15, 0.2) is 33.9 Å². The summed E-state index contributed by atoms with van der Waals surface area (Å²) in [7, 11) is 2.21. The summed E-state index contributed by atoms with van der Waals surface area (Å²) in [6.07, 6.45) is -5.52. The average Bonchev–Trinajstić information content (AvgIpc) is 3.43. The van der Waals surface area contributed by atoms with Crippen molar-refractivity contribution < 1.29 is 55.4 Å². The Hall–Kier alpha value is -3.02. The number of hydrogen-bond acceptors (Lipinski definition) is 8. The number of benzene rings is 1. The van der Waals surface area contributed by atoms with Crippen molar-refractivity contribution in [3.05, 3.63) is 35.0 Å². The number of amides is 1. The standard InChI is InChI=1S/C26H37ClN4O2S.2C2HF3O2/c1-3-18-34-26-28-25(21-4-6-22(27)7-5-21)23(33-26)8-9-24(32)31-16-14-30(15-17-31)19-20-10-12-29(2)13-11-20;2*3-2(4,5)1(6)7/h4-7,20H,3,8-19H2,1-2H3;2*(H,6,7). The van der Waals surface area contributed by atoms with Gasteiger partial charge in [-0.25, -0.2) is 14.6 Å².